The number of hydrogen-bond acceptors (Lipinski definition) is 6. The number of carbonyl (C=O) groups is 1. The van der Waals surface area contributed by atoms with Gasteiger partial charge in [-0.1, -0.05) is 37.3 Å². The summed E-state index contributed by atoms with van der Waals surface area (Å²) in [5.41, 5.74) is 2.19. The van der Waals surface area contributed by atoms with E-state index < -0.39 is 0 Å². The summed E-state index contributed by atoms with van der Waals surface area (Å²) in [4.78, 5) is 13.3. The monoisotopic (exact) mass is 407 g/mol. The van der Waals surface area contributed by atoms with Crippen LogP contribution in [0, 0.1) is 12.8 Å². The number of hydrogen-bond donors (Lipinski definition) is 1. The van der Waals surface area contributed by atoms with Gasteiger partial charge in [0.05, 0.1) is 6.61 Å². The second-order valence-corrected chi connectivity index (χ2v) is 8.07. The molecule has 0 radical (unpaired) electrons. The molecule has 2 heterocycles. The van der Waals surface area contributed by atoms with Crippen molar-refractivity contribution in [3.63, 3.8) is 0 Å². The first kappa shape index (κ1) is 19.1. The van der Waals surface area contributed by atoms with Crippen molar-refractivity contribution in [1.29, 1.82) is 0 Å². The van der Waals surface area contributed by atoms with Crippen LogP contribution in [-0.4, -0.2) is 32.3 Å². The lowest BCUT2D eigenvalue weighted by Gasteiger charge is -2.10. The van der Waals surface area contributed by atoms with E-state index in [9.17, 15) is 4.79 Å². The van der Waals surface area contributed by atoms with E-state index in [2.05, 4.69) is 34.5 Å². The quantitative estimate of drug-likeness (QED) is 0.511. The number of fused-ring (bicyclic) bond motifs is 1. The summed E-state index contributed by atoms with van der Waals surface area (Å²) in [5, 5.41) is 16.4. The number of carbonyl (C=O) groups excluding carboxylic acids is 1. The fourth-order valence-corrected chi connectivity index (χ4v) is 3.61. The fourth-order valence-electron chi connectivity index (χ4n) is 2.73. The Balaban J connectivity index is 1.48. The maximum absolute atomic E-state index is 12.6. The molecule has 0 saturated heterocycles. The van der Waals surface area contributed by atoms with Crippen molar-refractivity contribution in [2.75, 3.05) is 11.9 Å². The zero-order valence-corrected chi connectivity index (χ0v) is 17.2. The third-order valence-corrected chi connectivity index (χ3v) is 5.16. The van der Waals surface area contributed by atoms with Gasteiger partial charge in [-0.15, -0.1) is 10.2 Å². The molecule has 0 bridgehead atoms. The van der Waals surface area contributed by atoms with Crippen LogP contribution in [-0.2, 0) is 0 Å². The molecule has 8 heteroatoms. The summed E-state index contributed by atoms with van der Waals surface area (Å²) in [6, 6.07) is 14.8. The number of ether oxygens (including phenoxy) is 1. The average molecular weight is 407 g/mol. The van der Waals surface area contributed by atoms with Gasteiger partial charge in [0.1, 0.15) is 10.8 Å². The van der Waals surface area contributed by atoms with E-state index >= 15 is 0 Å². The van der Waals surface area contributed by atoms with Crippen molar-refractivity contribution < 1.29 is 9.53 Å². The van der Waals surface area contributed by atoms with E-state index in [-0.39, 0.29) is 5.91 Å². The Morgan fingerprint density at radius 1 is 1.17 bits per heavy atom. The summed E-state index contributed by atoms with van der Waals surface area (Å²) in [7, 11) is 0. The number of amides is 1. The molecule has 4 aromatic rings. The Morgan fingerprint density at radius 2 is 1.97 bits per heavy atom. The molecule has 0 saturated carbocycles. The van der Waals surface area contributed by atoms with Crippen LogP contribution in [0.15, 0.2) is 48.5 Å². The predicted molar refractivity (Wildman–Crippen MR) is 114 cm³/mol. The molecule has 0 unspecified atom stereocenters. The molecule has 0 atom stereocenters. The minimum Gasteiger partial charge on any atom is -0.493 e. The molecule has 148 valence electrons. The highest BCUT2D eigenvalue weighted by molar-refractivity contribution is 7.19. The molecule has 0 aliphatic heterocycles. The molecule has 29 heavy (non-hydrogen) atoms. The average Bonchev–Trinajstić information content (AvgIpc) is 3.29. The SMILES string of the molecule is Cc1nnc2sc(-c3cccc(NC(=O)c4ccc(OCC(C)C)cc4)c3)nn12. The van der Waals surface area contributed by atoms with Gasteiger partial charge >= 0.3 is 0 Å². The van der Waals surface area contributed by atoms with E-state index in [0.29, 0.717) is 23.8 Å². The third-order valence-electron chi connectivity index (χ3n) is 4.21. The molecule has 1 amide bonds. The Labute approximate surface area is 172 Å². The molecule has 0 fully saturated rings. The van der Waals surface area contributed by atoms with Crippen molar-refractivity contribution in [3.8, 4) is 16.3 Å². The highest BCUT2D eigenvalue weighted by atomic mass is 32.1. The summed E-state index contributed by atoms with van der Waals surface area (Å²) in [6.45, 7) is 6.70. The lowest BCUT2D eigenvalue weighted by atomic mass is 10.1. The zero-order chi connectivity index (χ0) is 20.4. The number of anilines is 1. The largest absolute Gasteiger partial charge is 0.493 e. The summed E-state index contributed by atoms with van der Waals surface area (Å²) >= 11 is 1.45. The molecule has 4 rings (SSSR count). The van der Waals surface area contributed by atoms with Gasteiger partial charge < -0.3 is 10.1 Å². The third kappa shape index (κ3) is 4.27. The molecule has 2 aromatic heterocycles. The van der Waals surface area contributed by atoms with Crippen LogP contribution in [0.4, 0.5) is 5.69 Å². The molecule has 0 aliphatic rings. The number of aromatic nitrogens is 4. The maximum Gasteiger partial charge on any atom is 0.255 e. The van der Waals surface area contributed by atoms with Crippen LogP contribution < -0.4 is 10.1 Å². The molecular formula is C21H21N5O2S. The summed E-state index contributed by atoms with van der Waals surface area (Å²) in [5.74, 6) is 1.78. The number of aryl methyl sites for hydroxylation is 1. The van der Waals surface area contributed by atoms with Crippen molar-refractivity contribution in [3.05, 3.63) is 59.9 Å². The number of benzene rings is 2. The van der Waals surface area contributed by atoms with Crippen molar-refractivity contribution in [1.82, 2.24) is 19.8 Å². The minimum absolute atomic E-state index is 0.174. The topological polar surface area (TPSA) is 81.4 Å². The van der Waals surface area contributed by atoms with E-state index in [1.54, 1.807) is 16.6 Å². The number of nitrogens with zero attached hydrogens (tertiary/aromatic N) is 4. The first-order valence-electron chi connectivity index (χ1n) is 9.33. The van der Waals surface area contributed by atoms with Gasteiger partial charge in [-0.3, -0.25) is 4.79 Å². The van der Waals surface area contributed by atoms with E-state index in [0.717, 1.165) is 27.1 Å². The first-order chi connectivity index (χ1) is 14.0. The molecule has 0 aliphatic carbocycles. The highest BCUT2D eigenvalue weighted by Crippen LogP contribution is 2.27. The van der Waals surface area contributed by atoms with Crippen LogP contribution in [0.2, 0.25) is 0 Å². The van der Waals surface area contributed by atoms with Crippen LogP contribution in [0.25, 0.3) is 15.5 Å². The summed E-state index contributed by atoms with van der Waals surface area (Å²) in [6.07, 6.45) is 0. The van der Waals surface area contributed by atoms with E-state index in [4.69, 9.17) is 4.74 Å². The molecule has 7 nitrogen and oxygen atoms in total. The van der Waals surface area contributed by atoms with Gasteiger partial charge in [-0.2, -0.15) is 9.61 Å². The molecule has 1 N–H and O–H groups in total. The predicted octanol–water partition coefficient (Wildman–Crippen LogP) is 4.45. The number of nitrogens with one attached hydrogen (secondary N) is 1. The maximum atomic E-state index is 12.6. The lowest BCUT2D eigenvalue weighted by Crippen LogP contribution is -2.12. The van der Waals surface area contributed by atoms with Gasteiger partial charge in [0.15, 0.2) is 5.82 Å². The molecule has 0 spiro atoms. The second kappa shape index (κ2) is 8.00. The van der Waals surface area contributed by atoms with Gasteiger partial charge in [0.25, 0.3) is 5.91 Å². The fraction of sp³-hybridized carbons (Fsp3) is 0.238. The van der Waals surface area contributed by atoms with E-state index in [1.165, 1.54) is 11.3 Å². The highest BCUT2D eigenvalue weighted by Gasteiger charge is 2.12. The Morgan fingerprint density at radius 3 is 2.69 bits per heavy atom. The van der Waals surface area contributed by atoms with Crippen molar-refractivity contribution in [2.45, 2.75) is 20.8 Å². The Kier molecular flexibility index (Phi) is 5.26. The molecular weight excluding hydrogens is 386 g/mol. The van der Waals surface area contributed by atoms with Crippen LogP contribution in [0.3, 0.4) is 0 Å². The Bertz CT molecular complexity index is 1150. The lowest BCUT2D eigenvalue weighted by molar-refractivity contribution is 0.102. The Hall–Kier alpha value is -3.26. The minimum atomic E-state index is -0.174. The van der Waals surface area contributed by atoms with Crippen LogP contribution in [0.5, 0.6) is 5.75 Å². The normalized spacial score (nSPS) is 11.2. The van der Waals surface area contributed by atoms with Gasteiger partial charge in [-0.25, -0.2) is 0 Å². The van der Waals surface area contributed by atoms with Gasteiger partial charge in [0, 0.05) is 16.8 Å². The van der Waals surface area contributed by atoms with Crippen LogP contribution >= 0.6 is 11.3 Å². The van der Waals surface area contributed by atoms with Gasteiger partial charge in [0.2, 0.25) is 4.96 Å². The summed E-state index contributed by atoms with van der Waals surface area (Å²) < 4.78 is 7.38. The van der Waals surface area contributed by atoms with Gasteiger partial charge in [-0.05, 0) is 49.2 Å². The first-order valence-corrected chi connectivity index (χ1v) is 10.1. The standard InChI is InChI=1S/C21H21N5O2S/c1-13(2)12-28-18-9-7-15(8-10-18)19(27)22-17-6-4-5-16(11-17)20-25-26-14(3)23-24-21(26)29-20/h4-11,13H,12H2,1-3H3,(H,22,27). The van der Waals surface area contributed by atoms with Crippen molar-refractivity contribution in [2.24, 2.45) is 5.92 Å². The molecule has 2 aromatic carbocycles. The number of rotatable bonds is 6. The van der Waals surface area contributed by atoms with E-state index in [1.807, 2.05) is 43.3 Å². The zero-order valence-electron chi connectivity index (χ0n) is 16.4. The smallest absolute Gasteiger partial charge is 0.255 e. The van der Waals surface area contributed by atoms with Crippen LogP contribution in [0.1, 0.15) is 30.0 Å². The van der Waals surface area contributed by atoms with Crippen molar-refractivity contribution >= 4 is 27.9 Å². The second-order valence-electron chi connectivity index (χ2n) is 7.11.